The molecule has 2 aromatic carbocycles. The van der Waals surface area contributed by atoms with E-state index in [9.17, 15) is 4.39 Å². The van der Waals surface area contributed by atoms with Gasteiger partial charge in [-0.15, -0.1) is 0 Å². The second kappa shape index (κ2) is 7.31. The van der Waals surface area contributed by atoms with Gasteiger partial charge in [0.15, 0.2) is 22.9 Å². The molecule has 6 rings (SSSR count). The molecule has 0 bridgehead atoms. The maximum Gasteiger partial charge on any atom is 0.283 e. The first-order valence-corrected chi connectivity index (χ1v) is 10.5. The third-order valence-corrected chi connectivity index (χ3v) is 5.97. The number of aromatic nitrogens is 3. The number of amidine groups is 1. The predicted molar refractivity (Wildman–Crippen MR) is 120 cm³/mol. The third kappa shape index (κ3) is 3.01. The lowest BCUT2D eigenvalue weighted by Gasteiger charge is -2.34. The van der Waals surface area contributed by atoms with E-state index in [1.807, 2.05) is 6.92 Å². The fourth-order valence-corrected chi connectivity index (χ4v) is 4.35. The highest BCUT2D eigenvalue weighted by molar-refractivity contribution is 5.78. The lowest BCUT2D eigenvalue weighted by Crippen LogP contribution is -2.31. The Hall–Kier alpha value is -4.40. The highest BCUT2D eigenvalue weighted by Gasteiger charge is 2.48. The number of fused-ring (bicyclic) bond motifs is 4. The Morgan fingerprint density at radius 2 is 1.76 bits per heavy atom. The zero-order chi connectivity index (χ0) is 23.4. The molecule has 1 spiro atoms. The minimum Gasteiger partial charge on any atom is -0.462 e. The van der Waals surface area contributed by atoms with E-state index in [1.165, 1.54) is 12.3 Å². The van der Waals surface area contributed by atoms with Crippen LogP contribution < -0.4 is 10.5 Å². The summed E-state index contributed by atoms with van der Waals surface area (Å²) in [6.45, 7) is 1.89. The average Bonchev–Trinajstić information content (AvgIpc) is 3.23. The molecule has 1 atom stereocenters. The van der Waals surface area contributed by atoms with Gasteiger partial charge in [-0.2, -0.15) is 4.39 Å². The first-order chi connectivity index (χ1) is 16.4. The lowest BCUT2D eigenvalue weighted by atomic mass is 9.79. The molecule has 2 aromatic heterocycles. The number of hydrogen-bond donors (Lipinski definition) is 1. The van der Waals surface area contributed by atoms with Gasteiger partial charge in [-0.05, 0) is 54.4 Å². The number of benzene rings is 2. The number of hydrogen-bond acceptors (Lipinski definition) is 7. The summed E-state index contributed by atoms with van der Waals surface area (Å²) in [6, 6.07) is 11.4. The standard InChI is InChI=1S/C25H17F2N5O2/c1-13-10-30-23(31-11-13)15-8-18-21(19(26)9-15)34-20-5-4-14(16-3-2-6-29-22(16)27)7-17(20)25(18)12-33-24(28)32-25/h2-11H,12H2,1H3,(H2,28,32). The van der Waals surface area contributed by atoms with E-state index in [1.54, 1.807) is 48.8 Å². The van der Waals surface area contributed by atoms with Crippen molar-refractivity contribution in [2.75, 3.05) is 6.61 Å². The van der Waals surface area contributed by atoms with E-state index >= 15 is 4.39 Å². The summed E-state index contributed by atoms with van der Waals surface area (Å²) in [5.74, 6) is -0.448. The van der Waals surface area contributed by atoms with E-state index < -0.39 is 17.3 Å². The van der Waals surface area contributed by atoms with Crippen molar-refractivity contribution in [2.45, 2.75) is 12.5 Å². The normalized spacial score (nSPS) is 18.0. The second-order valence-corrected chi connectivity index (χ2v) is 8.17. The molecule has 0 saturated heterocycles. The number of halogens is 2. The van der Waals surface area contributed by atoms with E-state index in [-0.39, 0.29) is 18.4 Å². The summed E-state index contributed by atoms with van der Waals surface area (Å²) in [5.41, 5.74) is 7.95. The Kier molecular flexibility index (Phi) is 4.35. The summed E-state index contributed by atoms with van der Waals surface area (Å²) in [5, 5.41) is 0. The van der Waals surface area contributed by atoms with Gasteiger partial charge in [0, 0.05) is 40.8 Å². The quantitative estimate of drug-likeness (QED) is 0.446. The second-order valence-electron chi connectivity index (χ2n) is 8.17. The molecule has 2 N–H and O–H groups in total. The molecule has 0 aliphatic carbocycles. The van der Waals surface area contributed by atoms with Crippen molar-refractivity contribution in [3.05, 3.63) is 89.5 Å². The molecular formula is C25H17F2N5O2. The number of rotatable bonds is 2. The van der Waals surface area contributed by atoms with Crippen molar-refractivity contribution < 1.29 is 18.3 Å². The van der Waals surface area contributed by atoms with E-state index in [0.717, 1.165) is 5.56 Å². The molecule has 9 heteroatoms. The molecule has 4 aromatic rings. The van der Waals surface area contributed by atoms with Gasteiger partial charge in [0.25, 0.3) is 6.02 Å². The van der Waals surface area contributed by atoms with Crippen molar-refractivity contribution >= 4 is 6.02 Å². The van der Waals surface area contributed by atoms with Crippen LogP contribution in [0, 0.1) is 18.7 Å². The summed E-state index contributed by atoms with van der Waals surface area (Å²) in [7, 11) is 0. The molecular weight excluding hydrogens is 440 g/mol. The molecule has 0 amide bonds. The van der Waals surface area contributed by atoms with Gasteiger partial charge in [-0.25, -0.2) is 24.3 Å². The Labute approximate surface area is 193 Å². The van der Waals surface area contributed by atoms with Crippen LogP contribution in [0.15, 0.2) is 66.0 Å². The molecule has 2 aliphatic heterocycles. The predicted octanol–water partition coefficient (Wildman–Crippen LogP) is 4.49. The maximum atomic E-state index is 15.4. The van der Waals surface area contributed by atoms with Crippen LogP contribution in [0.2, 0.25) is 0 Å². The zero-order valence-electron chi connectivity index (χ0n) is 17.9. The van der Waals surface area contributed by atoms with E-state index in [4.69, 9.17) is 15.2 Å². The minimum atomic E-state index is -1.19. The third-order valence-electron chi connectivity index (χ3n) is 5.97. The number of nitrogens with two attached hydrogens (primary N) is 1. The number of aliphatic imine (C=N–C) groups is 1. The monoisotopic (exact) mass is 457 g/mol. The first kappa shape index (κ1) is 20.2. The summed E-state index contributed by atoms with van der Waals surface area (Å²) in [4.78, 5) is 17.0. The summed E-state index contributed by atoms with van der Waals surface area (Å²) >= 11 is 0. The number of pyridine rings is 1. The van der Waals surface area contributed by atoms with Crippen LogP contribution in [-0.2, 0) is 10.3 Å². The van der Waals surface area contributed by atoms with Crippen LogP contribution in [0.5, 0.6) is 11.5 Å². The van der Waals surface area contributed by atoms with Crippen molar-refractivity contribution in [1.82, 2.24) is 15.0 Å². The van der Waals surface area contributed by atoms with Gasteiger partial charge >= 0.3 is 0 Å². The summed E-state index contributed by atoms with van der Waals surface area (Å²) in [6.07, 6.45) is 4.70. The fraction of sp³-hybridized carbons (Fsp3) is 0.120. The Morgan fingerprint density at radius 3 is 2.50 bits per heavy atom. The summed E-state index contributed by atoms with van der Waals surface area (Å²) < 4.78 is 41.3. The van der Waals surface area contributed by atoms with Gasteiger partial charge in [0.2, 0.25) is 5.95 Å². The van der Waals surface area contributed by atoms with Crippen LogP contribution in [-0.4, -0.2) is 27.6 Å². The molecule has 168 valence electrons. The van der Waals surface area contributed by atoms with Gasteiger partial charge < -0.3 is 15.2 Å². The molecule has 0 radical (unpaired) electrons. The van der Waals surface area contributed by atoms with Crippen molar-refractivity contribution in [3.63, 3.8) is 0 Å². The van der Waals surface area contributed by atoms with Gasteiger partial charge in [-0.1, -0.05) is 6.07 Å². The Bertz CT molecular complexity index is 1490. The van der Waals surface area contributed by atoms with Gasteiger partial charge in [0.05, 0.1) is 0 Å². The molecule has 1 unspecified atom stereocenters. The smallest absolute Gasteiger partial charge is 0.283 e. The molecule has 4 heterocycles. The SMILES string of the molecule is Cc1cnc(-c2cc(F)c3c(c2)C2(COC(N)=N2)c2cc(-c4cccnc4F)ccc2O3)nc1. The van der Waals surface area contributed by atoms with Gasteiger partial charge in [-0.3, -0.25) is 0 Å². The number of nitrogens with zero attached hydrogens (tertiary/aromatic N) is 4. The highest BCUT2D eigenvalue weighted by atomic mass is 19.1. The van der Waals surface area contributed by atoms with Crippen LogP contribution in [0.1, 0.15) is 16.7 Å². The molecule has 0 saturated carbocycles. The van der Waals surface area contributed by atoms with E-state index in [0.29, 0.717) is 39.4 Å². The zero-order valence-corrected chi connectivity index (χ0v) is 17.9. The Morgan fingerprint density at radius 1 is 0.971 bits per heavy atom. The van der Waals surface area contributed by atoms with Gasteiger partial charge in [0.1, 0.15) is 12.4 Å². The average molecular weight is 457 g/mol. The van der Waals surface area contributed by atoms with Crippen LogP contribution in [0.25, 0.3) is 22.5 Å². The van der Waals surface area contributed by atoms with Crippen LogP contribution in [0.3, 0.4) is 0 Å². The van der Waals surface area contributed by atoms with Crippen molar-refractivity contribution in [3.8, 4) is 34.0 Å². The maximum absolute atomic E-state index is 15.4. The largest absolute Gasteiger partial charge is 0.462 e. The number of ether oxygens (including phenoxy) is 2. The van der Waals surface area contributed by atoms with Crippen LogP contribution in [0.4, 0.5) is 8.78 Å². The molecule has 34 heavy (non-hydrogen) atoms. The minimum absolute atomic E-state index is 0.0192. The molecule has 0 fully saturated rings. The first-order valence-electron chi connectivity index (χ1n) is 10.5. The highest BCUT2D eigenvalue weighted by Crippen LogP contribution is 2.53. The topological polar surface area (TPSA) is 95.5 Å². The molecule has 2 aliphatic rings. The Balaban J connectivity index is 1.58. The van der Waals surface area contributed by atoms with Crippen molar-refractivity contribution in [1.29, 1.82) is 0 Å². The lowest BCUT2D eigenvalue weighted by molar-refractivity contribution is 0.262. The van der Waals surface area contributed by atoms with Crippen LogP contribution >= 0.6 is 0 Å². The number of aryl methyl sites for hydroxylation is 1. The fourth-order valence-electron chi connectivity index (χ4n) is 4.35. The van der Waals surface area contributed by atoms with Crippen molar-refractivity contribution in [2.24, 2.45) is 10.7 Å². The molecule has 7 nitrogen and oxygen atoms in total. The van der Waals surface area contributed by atoms with E-state index in [2.05, 4.69) is 19.9 Å².